The van der Waals surface area contributed by atoms with Crippen LogP contribution >= 0.6 is 0 Å². The van der Waals surface area contributed by atoms with Crippen LogP contribution in [0.15, 0.2) is 38.0 Å². The summed E-state index contributed by atoms with van der Waals surface area (Å²) < 4.78 is 22.8. The molecule has 0 rings (SSSR count). The molecule has 0 aliphatic rings. The Labute approximate surface area is 135 Å². The molecule has 0 spiro atoms. The Bertz CT molecular complexity index is 275. The summed E-state index contributed by atoms with van der Waals surface area (Å²) in [5, 5.41) is 0. The van der Waals surface area contributed by atoms with Gasteiger partial charge in [0, 0.05) is 13.2 Å². The molecular formula is C18H32O4. The molecular weight excluding hydrogens is 280 g/mol. The van der Waals surface area contributed by atoms with Crippen LogP contribution < -0.4 is 0 Å². The Morgan fingerprint density at radius 2 is 1.32 bits per heavy atom. The smallest absolute Gasteiger partial charge is 0.0645 e. The van der Waals surface area contributed by atoms with Crippen molar-refractivity contribution in [3.05, 3.63) is 38.0 Å². The van der Waals surface area contributed by atoms with Gasteiger partial charge in [-0.25, -0.2) is 0 Å². The number of rotatable bonds is 17. The van der Waals surface area contributed by atoms with Gasteiger partial charge in [0.2, 0.25) is 0 Å². The molecule has 0 aliphatic heterocycles. The second kappa shape index (κ2) is 15.0. The van der Waals surface area contributed by atoms with Gasteiger partial charge in [-0.15, -0.1) is 19.7 Å². The highest BCUT2D eigenvalue weighted by atomic mass is 16.5. The third-order valence-electron chi connectivity index (χ3n) is 3.01. The Kier molecular flexibility index (Phi) is 14.3. The Morgan fingerprint density at radius 3 is 1.82 bits per heavy atom. The van der Waals surface area contributed by atoms with E-state index in [1.807, 2.05) is 13.0 Å². The van der Waals surface area contributed by atoms with Crippen molar-refractivity contribution in [3.8, 4) is 0 Å². The fourth-order valence-electron chi connectivity index (χ4n) is 1.90. The molecule has 0 fully saturated rings. The summed E-state index contributed by atoms with van der Waals surface area (Å²) >= 11 is 0. The molecule has 0 saturated heterocycles. The van der Waals surface area contributed by atoms with Crippen molar-refractivity contribution >= 4 is 0 Å². The topological polar surface area (TPSA) is 36.9 Å². The zero-order chi connectivity index (χ0) is 16.5. The second-order valence-electron chi connectivity index (χ2n) is 5.23. The Hall–Kier alpha value is -0.940. The maximum absolute atomic E-state index is 5.82. The van der Waals surface area contributed by atoms with Gasteiger partial charge in [0.15, 0.2) is 0 Å². The van der Waals surface area contributed by atoms with Gasteiger partial charge >= 0.3 is 0 Å². The van der Waals surface area contributed by atoms with E-state index in [2.05, 4.69) is 19.7 Å². The molecule has 0 unspecified atom stereocenters. The molecule has 0 N–H and O–H groups in total. The summed E-state index contributed by atoms with van der Waals surface area (Å²) in [4.78, 5) is 0. The first-order chi connectivity index (χ1) is 10.7. The molecule has 0 aromatic heterocycles. The van der Waals surface area contributed by atoms with E-state index in [1.165, 1.54) is 0 Å². The van der Waals surface area contributed by atoms with E-state index >= 15 is 0 Å². The molecule has 4 nitrogen and oxygen atoms in total. The maximum Gasteiger partial charge on any atom is 0.0645 e. The lowest BCUT2D eigenvalue weighted by Gasteiger charge is -2.32. The van der Waals surface area contributed by atoms with E-state index in [1.54, 1.807) is 12.2 Å². The Balaban J connectivity index is 4.54. The summed E-state index contributed by atoms with van der Waals surface area (Å²) in [5.74, 6) is 0. The van der Waals surface area contributed by atoms with E-state index in [4.69, 9.17) is 18.9 Å². The van der Waals surface area contributed by atoms with Crippen molar-refractivity contribution in [1.29, 1.82) is 0 Å². The molecule has 0 radical (unpaired) electrons. The minimum Gasteiger partial charge on any atom is -0.381 e. The average Bonchev–Trinajstić information content (AvgIpc) is 2.53. The first kappa shape index (κ1) is 21.1. The summed E-state index contributed by atoms with van der Waals surface area (Å²) in [7, 11) is 0. The molecule has 128 valence electrons. The zero-order valence-electron chi connectivity index (χ0n) is 14.1. The van der Waals surface area contributed by atoms with Crippen LogP contribution in [0, 0.1) is 5.41 Å². The predicted molar refractivity (Wildman–Crippen MR) is 91.2 cm³/mol. The number of hydrogen-bond acceptors (Lipinski definition) is 4. The predicted octanol–water partition coefficient (Wildman–Crippen LogP) is 3.40. The van der Waals surface area contributed by atoms with Gasteiger partial charge in [0.1, 0.15) is 0 Å². The van der Waals surface area contributed by atoms with Crippen molar-refractivity contribution in [2.24, 2.45) is 5.41 Å². The van der Waals surface area contributed by atoms with Crippen LogP contribution in [0.1, 0.15) is 19.8 Å². The SMILES string of the molecule is C=CCCCOCC(COCC)(COCC=C)COCC=C. The van der Waals surface area contributed by atoms with Gasteiger partial charge < -0.3 is 18.9 Å². The Morgan fingerprint density at radius 1 is 0.773 bits per heavy atom. The molecule has 0 aromatic rings. The number of hydrogen-bond donors (Lipinski definition) is 0. The van der Waals surface area contributed by atoms with Gasteiger partial charge in [-0.3, -0.25) is 0 Å². The molecule has 0 bridgehead atoms. The van der Waals surface area contributed by atoms with Crippen LogP contribution in [0.3, 0.4) is 0 Å². The van der Waals surface area contributed by atoms with Crippen LogP contribution in [-0.2, 0) is 18.9 Å². The van der Waals surface area contributed by atoms with E-state index in [9.17, 15) is 0 Å². The molecule has 0 heterocycles. The van der Waals surface area contributed by atoms with Crippen LogP contribution in [0.25, 0.3) is 0 Å². The monoisotopic (exact) mass is 312 g/mol. The highest BCUT2D eigenvalue weighted by Crippen LogP contribution is 2.21. The number of allylic oxidation sites excluding steroid dienone is 1. The van der Waals surface area contributed by atoms with Crippen LogP contribution in [0.2, 0.25) is 0 Å². The first-order valence-corrected chi connectivity index (χ1v) is 7.88. The van der Waals surface area contributed by atoms with Gasteiger partial charge in [-0.2, -0.15) is 0 Å². The van der Waals surface area contributed by atoms with E-state index in [0.717, 1.165) is 12.8 Å². The molecule has 0 atom stereocenters. The van der Waals surface area contributed by atoms with Crippen molar-refractivity contribution in [3.63, 3.8) is 0 Å². The van der Waals surface area contributed by atoms with Crippen LogP contribution in [0.4, 0.5) is 0 Å². The number of ether oxygens (including phenoxy) is 4. The fraction of sp³-hybridized carbons (Fsp3) is 0.667. The summed E-state index contributed by atoms with van der Waals surface area (Å²) in [6.07, 6.45) is 7.30. The fourth-order valence-corrected chi connectivity index (χ4v) is 1.90. The van der Waals surface area contributed by atoms with Gasteiger partial charge in [-0.1, -0.05) is 18.2 Å². The standard InChI is InChI=1S/C18H32O4/c1-5-9-10-13-22-17-18(14-19-8-4,15-20-11-6-2)16-21-12-7-3/h5-7H,1-3,8-17H2,4H3. The van der Waals surface area contributed by atoms with E-state index in [-0.39, 0.29) is 5.41 Å². The van der Waals surface area contributed by atoms with Crippen LogP contribution in [0.5, 0.6) is 0 Å². The minimum atomic E-state index is -0.309. The van der Waals surface area contributed by atoms with Crippen molar-refractivity contribution in [1.82, 2.24) is 0 Å². The zero-order valence-corrected chi connectivity index (χ0v) is 14.1. The maximum atomic E-state index is 5.82. The van der Waals surface area contributed by atoms with E-state index in [0.29, 0.717) is 52.9 Å². The molecule has 22 heavy (non-hydrogen) atoms. The molecule has 0 saturated carbocycles. The third-order valence-corrected chi connectivity index (χ3v) is 3.01. The molecule has 0 aliphatic carbocycles. The normalized spacial score (nSPS) is 11.3. The van der Waals surface area contributed by atoms with Gasteiger partial charge in [0.05, 0.1) is 45.1 Å². The lowest BCUT2D eigenvalue weighted by atomic mass is 9.92. The molecule has 0 amide bonds. The molecule has 0 aromatic carbocycles. The van der Waals surface area contributed by atoms with Gasteiger partial charge in [0.25, 0.3) is 0 Å². The number of unbranched alkanes of at least 4 members (excludes halogenated alkanes) is 1. The largest absolute Gasteiger partial charge is 0.381 e. The summed E-state index contributed by atoms with van der Waals surface area (Å²) in [5.41, 5.74) is -0.309. The van der Waals surface area contributed by atoms with Crippen molar-refractivity contribution in [2.75, 3.05) is 52.9 Å². The van der Waals surface area contributed by atoms with Crippen molar-refractivity contribution in [2.45, 2.75) is 19.8 Å². The molecule has 4 heteroatoms. The average molecular weight is 312 g/mol. The summed E-state index contributed by atoms with van der Waals surface area (Å²) in [6.45, 7) is 17.5. The summed E-state index contributed by atoms with van der Waals surface area (Å²) in [6, 6.07) is 0. The second-order valence-corrected chi connectivity index (χ2v) is 5.23. The van der Waals surface area contributed by atoms with E-state index < -0.39 is 0 Å². The quantitative estimate of drug-likeness (QED) is 0.305. The van der Waals surface area contributed by atoms with Crippen molar-refractivity contribution < 1.29 is 18.9 Å². The minimum absolute atomic E-state index is 0.309. The highest BCUT2D eigenvalue weighted by Gasteiger charge is 2.32. The lowest BCUT2D eigenvalue weighted by molar-refractivity contribution is -0.0993. The third kappa shape index (κ3) is 10.7. The first-order valence-electron chi connectivity index (χ1n) is 7.88. The highest BCUT2D eigenvalue weighted by molar-refractivity contribution is 4.81. The van der Waals surface area contributed by atoms with Crippen LogP contribution in [-0.4, -0.2) is 52.9 Å². The van der Waals surface area contributed by atoms with Gasteiger partial charge in [-0.05, 0) is 19.8 Å². The lowest BCUT2D eigenvalue weighted by Crippen LogP contribution is -2.42.